The first-order valence-electron chi connectivity index (χ1n) is 11.1. The molecule has 1 heterocycles. The number of rotatable bonds is 4. The number of fused-ring (bicyclic) bond motifs is 2. The number of piperazine rings is 1. The highest BCUT2D eigenvalue weighted by Gasteiger charge is 2.50. The Morgan fingerprint density at radius 3 is 2.26 bits per heavy atom. The van der Waals surface area contributed by atoms with Crippen LogP contribution in [0.25, 0.3) is 0 Å². The summed E-state index contributed by atoms with van der Waals surface area (Å²) in [4.78, 5) is 29.5. The number of nitrogens with zero attached hydrogens (tertiary/aromatic N) is 2. The lowest BCUT2D eigenvalue weighted by Crippen LogP contribution is -2.55. The molecule has 152 valence electrons. The Hall–Kier alpha value is -1.14. The topological polar surface area (TPSA) is 78.7 Å². The smallest absolute Gasteiger partial charge is 0.234 e. The lowest BCUT2D eigenvalue weighted by molar-refractivity contribution is -0.139. The number of nitrogens with one attached hydrogen (secondary N) is 1. The predicted molar refractivity (Wildman–Crippen MR) is 105 cm³/mol. The average Bonchev–Trinajstić information content (AvgIpc) is 3.25. The summed E-state index contributed by atoms with van der Waals surface area (Å²) in [6, 6.07) is 0.425. The van der Waals surface area contributed by atoms with Gasteiger partial charge in [-0.05, 0) is 62.7 Å². The standard InChI is InChI=1S/C21H36N4O2/c1-14-2-6-17(7-3-14)23-18(26)13-24-8-10-25(11-9-24)21(27)19-15-4-5-16(12-15)20(19)22/h14-17,19-20H,2-13,22H2,1H3,(H,23,26). The van der Waals surface area contributed by atoms with Gasteiger partial charge in [0.05, 0.1) is 12.5 Å². The van der Waals surface area contributed by atoms with E-state index in [1.165, 1.54) is 25.7 Å². The summed E-state index contributed by atoms with van der Waals surface area (Å²) in [5, 5.41) is 3.21. The van der Waals surface area contributed by atoms with E-state index in [1.54, 1.807) is 0 Å². The third-order valence-corrected chi connectivity index (χ3v) is 7.70. The van der Waals surface area contributed by atoms with E-state index in [4.69, 9.17) is 5.73 Å². The minimum absolute atomic E-state index is 0.0484. The summed E-state index contributed by atoms with van der Waals surface area (Å²) < 4.78 is 0. The summed E-state index contributed by atoms with van der Waals surface area (Å²) in [6.45, 7) is 5.79. The highest BCUT2D eigenvalue weighted by atomic mass is 16.2. The fraction of sp³-hybridized carbons (Fsp3) is 0.905. The van der Waals surface area contributed by atoms with Gasteiger partial charge in [-0.1, -0.05) is 6.92 Å². The summed E-state index contributed by atoms with van der Waals surface area (Å²) >= 11 is 0. The molecule has 6 heteroatoms. The first kappa shape index (κ1) is 19.2. The predicted octanol–water partition coefficient (Wildman–Crippen LogP) is 1.20. The van der Waals surface area contributed by atoms with Gasteiger partial charge in [-0.25, -0.2) is 0 Å². The molecule has 3 aliphatic carbocycles. The summed E-state index contributed by atoms with van der Waals surface area (Å²) in [7, 11) is 0. The number of hydrogen-bond donors (Lipinski definition) is 2. The minimum Gasteiger partial charge on any atom is -0.352 e. The fourth-order valence-electron chi connectivity index (χ4n) is 5.92. The number of amides is 2. The molecular formula is C21H36N4O2. The normalized spacial score (nSPS) is 39.6. The molecule has 0 aromatic heterocycles. The highest BCUT2D eigenvalue weighted by molar-refractivity contribution is 5.81. The van der Waals surface area contributed by atoms with E-state index >= 15 is 0 Å². The summed E-state index contributed by atoms with van der Waals surface area (Å²) in [6.07, 6.45) is 8.19. The second-order valence-corrected chi connectivity index (χ2v) is 9.56. The van der Waals surface area contributed by atoms with Gasteiger partial charge in [-0.15, -0.1) is 0 Å². The van der Waals surface area contributed by atoms with Crippen LogP contribution in [0.2, 0.25) is 0 Å². The first-order valence-corrected chi connectivity index (χ1v) is 11.1. The molecule has 1 saturated heterocycles. The molecule has 4 aliphatic rings. The number of hydrogen-bond acceptors (Lipinski definition) is 4. The van der Waals surface area contributed by atoms with Gasteiger partial charge in [0.15, 0.2) is 0 Å². The Bertz CT molecular complexity index is 550. The van der Waals surface area contributed by atoms with Crippen molar-refractivity contribution in [3.63, 3.8) is 0 Å². The Morgan fingerprint density at radius 1 is 0.963 bits per heavy atom. The van der Waals surface area contributed by atoms with Crippen molar-refractivity contribution in [2.24, 2.45) is 29.4 Å². The van der Waals surface area contributed by atoms with E-state index in [0.717, 1.165) is 51.4 Å². The molecule has 4 unspecified atom stereocenters. The van der Waals surface area contributed by atoms with Crippen molar-refractivity contribution in [3.05, 3.63) is 0 Å². The molecule has 0 spiro atoms. The monoisotopic (exact) mass is 376 g/mol. The van der Waals surface area contributed by atoms with Crippen molar-refractivity contribution >= 4 is 11.8 Å². The van der Waals surface area contributed by atoms with Crippen LogP contribution in [-0.2, 0) is 9.59 Å². The van der Waals surface area contributed by atoms with Gasteiger partial charge < -0.3 is 16.0 Å². The van der Waals surface area contributed by atoms with Crippen LogP contribution in [0.3, 0.4) is 0 Å². The van der Waals surface area contributed by atoms with Gasteiger partial charge in [-0.2, -0.15) is 0 Å². The Labute approximate surface area is 163 Å². The Kier molecular flexibility index (Phi) is 5.74. The van der Waals surface area contributed by atoms with E-state index in [9.17, 15) is 9.59 Å². The minimum atomic E-state index is 0.0484. The van der Waals surface area contributed by atoms with Gasteiger partial charge in [0, 0.05) is 38.3 Å². The second-order valence-electron chi connectivity index (χ2n) is 9.56. The van der Waals surface area contributed by atoms with E-state index in [1.807, 2.05) is 4.90 Å². The van der Waals surface area contributed by atoms with Crippen LogP contribution in [0.4, 0.5) is 0 Å². The largest absolute Gasteiger partial charge is 0.352 e. The molecule has 6 nitrogen and oxygen atoms in total. The zero-order valence-electron chi connectivity index (χ0n) is 16.7. The lowest BCUT2D eigenvalue weighted by atomic mass is 9.84. The number of nitrogens with two attached hydrogens (primary N) is 1. The Balaban J connectivity index is 1.20. The third-order valence-electron chi connectivity index (χ3n) is 7.70. The van der Waals surface area contributed by atoms with E-state index in [2.05, 4.69) is 17.1 Å². The van der Waals surface area contributed by atoms with Crippen molar-refractivity contribution < 1.29 is 9.59 Å². The molecule has 4 fully saturated rings. The molecule has 0 aromatic carbocycles. The van der Waals surface area contributed by atoms with Gasteiger partial charge in [-0.3, -0.25) is 14.5 Å². The SMILES string of the molecule is CC1CCC(NC(=O)CN2CCN(C(=O)C3C4CCC(C4)C3N)CC2)CC1. The molecular weight excluding hydrogens is 340 g/mol. The van der Waals surface area contributed by atoms with Gasteiger partial charge >= 0.3 is 0 Å². The number of carbonyl (C=O) groups is 2. The molecule has 2 bridgehead atoms. The maximum absolute atomic E-state index is 13.0. The Morgan fingerprint density at radius 2 is 1.63 bits per heavy atom. The van der Waals surface area contributed by atoms with E-state index in [-0.39, 0.29) is 23.8 Å². The van der Waals surface area contributed by atoms with Gasteiger partial charge in [0.1, 0.15) is 0 Å². The molecule has 27 heavy (non-hydrogen) atoms. The van der Waals surface area contributed by atoms with Crippen molar-refractivity contribution in [1.82, 2.24) is 15.1 Å². The van der Waals surface area contributed by atoms with E-state index in [0.29, 0.717) is 24.4 Å². The summed E-state index contributed by atoms with van der Waals surface area (Å²) in [5.74, 6) is 2.34. The van der Waals surface area contributed by atoms with Crippen molar-refractivity contribution in [2.75, 3.05) is 32.7 Å². The molecule has 1 aliphatic heterocycles. The fourth-order valence-corrected chi connectivity index (χ4v) is 5.92. The van der Waals surface area contributed by atoms with Crippen LogP contribution in [0.15, 0.2) is 0 Å². The third kappa shape index (κ3) is 4.16. The highest BCUT2D eigenvalue weighted by Crippen LogP contribution is 2.48. The van der Waals surface area contributed by atoms with Crippen LogP contribution in [-0.4, -0.2) is 66.4 Å². The maximum atomic E-state index is 13.0. The first-order chi connectivity index (χ1) is 13.0. The molecule has 4 rings (SSSR count). The van der Waals surface area contributed by atoms with Crippen molar-refractivity contribution in [3.8, 4) is 0 Å². The van der Waals surface area contributed by atoms with Gasteiger partial charge in [0.25, 0.3) is 0 Å². The quantitative estimate of drug-likeness (QED) is 0.773. The van der Waals surface area contributed by atoms with Crippen molar-refractivity contribution in [2.45, 2.75) is 64.0 Å². The van der Waals surface area contributed by atoms with Crippen LogP contribution >= 0.6 is 0 Å². The zero-order chi connectivity index (χ0) is 19.0. The lowest BCUT2D eigenvalue weighted by Gasteiger charge is -2.38. The molecule has 0 aromatic rings. The second kappa shape index (κ2) is 8.08. The molecule has 3 N–H and O–H groups in total. The van der Waals surface area contributed by atoms with Crippen molar-refractivity contribution in [1.29, 1.82) is 0 Å². The van der Waals surface area contributed by atoms with E-state index < -0.39 is 0 Å². The molecule has 0 radical (unpaired) electrons. The zero-order valence-corrected chi connectivity index (χ0v) is 16.7. The van der Waals surface area contributed by atoms with Crippen LogP contribution in [0.1, 0.15) is 51.9 Å². The molecule has 2 amide bonds. The van der Waals surface area contributed by atoms with Gasteiger partial charge in [0.2, 0.25) is 11.8 Å². The maximum Gasteiger partial charge on any atom is 0.234 e. The van der Waals surface area contributed by atoms with Crippen LogP contribution in [0.5, 0.6) is 0 Å². The van der Waals surface area contributed by atoms with Crippen LogP contribution in [0, 0.1) is 23.7 Å². The average molecular weight is 377 g/mol. The molecule has 3 saturated carbocycles. The summed E-state index contributed by atoms with van der Waals surface area (Å²) in [5.41, 5.74) is 6.35. The van der Waals surface area contributed by atoms with Crippen LogP contribution < -0.4 is 11.1 Å². The molecule has 4 atom stereocenters. The number of carbonyl (C=O) groups excluding carboxylic acids is 2.